The highest BCUT2D eigenvalue weighted by atomic mass is 16.5. The summed E-state index contributed by atoms with van der Waals surface area (Å²) in [5.41, 5.74) is 7.27. The minimum Gasteiger partial charge on any atom is -0.457 e. The number of amides is 1. The van der Waals surface area contributed by atoms with Crippen LogP contribution in [0.25, 0.3) is 0 Å². The van der Waals surface area contributed by atoms with Gasteiger partial charge in [-0.1, -0.05) is 24.3 Å². The number of nitrogens with one attached hydrogen (secondary N) is 1. The van der Waals surface area contributed by atoms with Crippen molar-refractivity contribution in [3.8, 4) is 11.5 Å². The van der Waals surface area contributed by atoms with Crippen LogP contribution in [0.1, 0.15) is 11.6 Å². The van der Waals surface area contributed by atoms with Crippen molar-refractivity contribution in [3.05, 3.63) is 54.1 Å². The number of carbonyl (C=O) groups excluding carboxylic acids is 1. The molecule has 3 N–H and O–H groups in total. The van der Waals surface area contributed by atoms with Gasteiger partial charge in [-0.25, -0.2) is 0 Å². The number of rotatable bonds is 2. The summed E-state index contributed by atoms with van der Waals surface area (Å²) in [5.74, 6) is 1.25. The van der Waals surface area contributed by atoms with Crippen LogP contribution in [-0.4, -0.2) is 5.91 Å². The first-order valence-electron chi connectivity index (χ1n) is 5.67. The average molecular weight is 240 g/mol. The summed E-state index contributed by atoms with van der Waals surface area (Å²) in [5, 5.41) is 2.73. The van der Waals surface area contributed by atoms with E-state index in [1.54, 1.807) is 6.07 Å². The molecule has 2 aromatic rings. The van der Waals surface area contributed by atoms with E-state index in [0.29, 0.717) is 5.75 Å². The molecule has 1 amide bonds. The Morgan fingerprint density at radius 1 is 1.06 bits per heavy atom. The third-order valence-corrected chi connectivity index (χ3v) is 2.88. The second-order valence-electron chi connectivity index (χ2n) is 4.13. The van der Waals surface area contributed by atoms with Crippen molar-refractivity contribution in [1.82, 2.24) is 0 Å². The van der Waals surface area contributed by atoms with Crippen molar-refractivity contribution in [2.75, 3.05) is 5.32 Å². The van der Waals surface area contributed by atoms with Gasteiger partial charge in [0.15, 0.2) is 0 Å². The molecule has 18 heavy (non-hydrogen) atoms. The Hall–Kier alpha value is -2.33. The Morgan fingerprint density at radius 2 is 1.83 bits per heavy atom. The van der Waals surface area contributed by atoms with Gasteiger partial charge in [-0.2, -0.15) is 0 Å². The van der Waals surface area contributed by atoms with E-state index in [0.717, 1.165) is 17.0 Å². The van der Waals surface area contributed by atoms with Gasteiger partial charge in [0.2, 0.25) is 5.91 Å². The van der Waals surface area contributed by atoms with Crippen LogP contribution in [0.4, 0.5) is 5.69 Å². The Kier molecular flexibility index (Phi) is 2.50. The Balaban J connectivity index is 1.88. The zero-order valence-electron chi connectivity index (χ0n) is 9.59. The van der Waals surface area contributed by atoms with Crippen LogP contribution in [0.5, 0.6) is 11.5 Å². The lowest BCUT2D eigenvalue weighted by molar-refractivity contribution is -0.116. The van der Waals surface area contributed by atoms with Crippen LogP contribution >= 0.6 is 0 Å². The van der Waals surface area contributed by atoms with Crippen molar-refractivity contribution in [3.63, 3.8) is 0 Å². The minimum absolute atomic E-state index is 0.179. The summed E-state index contributed by atoms with van der Waals surface area (Å²) in [6, 6.07) is 14.3. The molecule has 1 aliphatic rings. The molecule has 0 radical (unpaired) electrons. The third kappa shape index (κ3) is 1.83. The second-order valence-corrected chi connectivity index (χ2v) is 4.13. The molecule has 4 heteroatoms. The summed E-state index contributed by atoms with van der Waals surface area (Å²) in [6.07, 6.45) is 0. The Labute approximate surface area is 104 Å². The first kappa shape index (κ1) is 10.8. The molecular weight excluding hydrogens is 228 g/mol. The molecule has 3 rings (SSSR count). The number of ether oxygens (including phenoxy) is 1. The molecule has 1 aliphatic heterocycles. The lowest BCUT2D eigenvalue weighted by atomic mass is 10.1. The van der Waals surface area contributed by atoms with Crippen LogP contribution in [-0.2, 0) is 4.79 Å². The molecule has 0 bridgehead atoms. The van der Waals surface area contributed by atoms with E-state index in [9.17, 15) is 4.79 Å². The van der Waals surface area contributed by atoms with E-state index >= 15 is 0 Å². The minimum atomic E-state index is -0.578. The fraction of sp³-hybridized carbons (Fsp3) is 0.0714. The molecular formula is C14H12N2O2. The normalized spacial score (nSPS) is 17.2. The molecule has 0 saturated carbocycles. The van der Waals surface area contributed by atoms with Gasteiger partial charge in [0.05, 0.1) is 0 Å². The fourth-order valence-electron chi connectivity index (χ4n) is 1.95. The first-order valence-corrected chi connectivity index (χ1v) is 5.67. The third-order valence-electron chi connectivity index (χ3n) is 2.88. The Morgan fingerprint density at radius 3 is 2.61 bits per heavy atom. The quantitative estimate of drug-likeness (QED) is 0.847. The number of anilines is 1. The van der Waals surface area contributed by atoms with Crippen LogP contribution < -0.4 is 15.8 Å². The van der Waals surface area contributed by atoms with Gasteiger partial charge >= 0.3 is 0 Å². The van der Waals surface area contributed by atoms with E-state index in [4.69, 9.17) is 10.5 Å². The summed E-state index contributed by atoms with van der Waals surface area (Å²) < 4.78 is 5.68. The van der Waals surface area contributed by atoms with Gasteiger partial charge in [-0.05, 0) is 18.2 Å². The van der Waals surface area contributed by atoms with Gasteiger partial charge in [0.25, 0.3) is 0 Å². The zero-order valence-corrected chi connectivity index (χ0v) is 9.59. The van der Waals surface area contributed by atoms with Crippen LogP contribution in [0, 0.1) is 0 Å². The fourth-order valence-corrected chi connectivity index (χ4v) is 1.95. The lowest BCUT2D eigenvalue weighted by Gasteiger charge is -2.07. The number of carbonyl (C=O) groups is 1. The maximum absolute atomic E-state index is 11.4. The zero-order chi connectivity index (χ0) is 12.5. The number of benzene rings is 2. The van der Waals surface area contributed by atoms with Crippen LogP contribution in [0.15, 0.2) is 48.5 Å². The molecule has 0 fully saturated rings. The number of hydrogen-bond donors (Lipinski definition) is 2. The van der Waals surface area contributed by atoms with Crippen molar-refractivity contribution in [2.45, 2.75) is 6.04 Å². The van der Waals surface area contributed by atoms with Crippen LogP contribution in [0.2, 0.25) is 0 Å². The maximum Gasteiger partial charge on any atom is 0.245 e. The highest BCUT2D eigenvalue weighted by Crippen LogP contribution is 2.33. The molecule has 1 heterocycles. The molecule has 1 atom stereocenters. The molecule has 0 aliphatic carbocycles. The molecule has 90 valence electrons. The smallest absolute Gasteiger partial charge is 0.245 e. The number of para-hydroxylation sites is 1. The van der Waals surface area contributed by atoms with Crippen LogP contribution in [0.3, 0.4) is 0 Å². The second kappa shape index (κ2) is 4.16. The van der Waals surface area contributed by atoms with Gasteiger partial charge in [0, 0.05) is 17.3 Å². The summed E-state index contributed by atoms with van der Waals surface area (Å²) in [4.78, 5) is 11.4. The molecule has 0 saturated heterocycles. The topological polar surface area (TPSA) is 64.4 Å². The van der Waals surface area contributed by atoms with E-state index in [1.165, 1.54) is 0 Å². The monoisotopic (exact) mass is 240 g/mol. The van der Waals surface area contributed by atoms with E-state index < -0.39 is 6.04 Å². The average Bonchev–Trinajstić information content (AvgIpc) is 2.66. The summed E-state index contributed by atoms with van der Waals surface area (Å²) >= 11 is 0. The molecule has 0 aromatic heterocycles. The molecule has 0 spiro atoms. The van der Waals surface area contributed by atoms with E-state index in [2.05, 4.69) is 5.32 Å². The van der Waals surface area contributed by atoms with E-state index in [-0.39, 0.29) is 5.91 Å². The standard InChI is InChI=1S/C14H12N2O2/c15-13-11-7-6-10(8-12(11)16-14(13)17)18-9-4-2-1-3-5-9/h1-8,13H,15H2,(H,16,17). The lowest BCUT2D eigenvalue weighted by Crippen LogP contribution is -2.19. The highest BCUT2D eigenvalue weighted by molar-refractivity contribution is 6.02. The predicted octanol–water partition coefficient (Wildman–Crippen LogP) is 2.43. The number of nitrogens with two attached hydrogens (primary N) is 1. The van der Waals surface area contributed by atoms with Gasteiger partial charge < -0.3 is 15.8 Å². The predicted molar refractivity (Wildman–Crippen MR) is 68.5 cm³/mol. The van der Waals surface area contributed by atoms with E-state index in [1.807, 2.05) is 42.5 Å². The highest BCUT2D eigenvalue weighted by Gasteiger charge is 2.27. The number of hydrogen-bond acceptors (Lipinski definition) is 3. The largest absolute Gasteiger partial charge is 0.457 e. The SMILES string of the molecule is NC1C(=O)Nc2cc(Oc3ccccc3)ccc21. The molecule has 1 unspecified atom stereocenters. The Bertz CT molecular complexity index is 596. The summed E-state index contributed by atoms with van der Waals surface area (Å²) in [7, 11) is 0. The van der Waals surface area contributed by atoms with Gasteiger partial charge in [-0.15, -0.1) is 0 Å². The van der Waals surface area contributed by atoms with Gasteiger partial charge in [-0.3, -0.25) is 4.79 Å². The van der Waals surface area contributed by atoms with Crippen molar-refractivity contribution in [1.29, 1.82) is 0 Å². The van der Waals surface area contributed by atoms with Gasteiger partial charge in [0.1, 0.15) is 17.5 Å². The van der Waals surface area contributed by atoms with Crippen molar-refractivity contribution < 1.29 is 9.53 Å². The molecule has 2 aromatic carbocycles. The number of fused-ring (bicyclic) bond motifs is 1. The molecule has 4 nitrogen and oxygen atoms in total. The maximum atomic E-state index is 11.4. The van der Waals surface area contributed by atoms with Crippen molar-refractivity contribution >= 4 is 11.6 Å². The first-order chi connectivity index (χ1) is 8.74. The van der Waals surface area contributed by atoms with Crippen molar-refractivity contribution in [2.24, 2.45) is 5.73 Å². The summed E-state index contributed by atoms with van der Waals surface area (Å²) in [6.45, 7) is 0.